The fourth-order valence-electron chi connectivity index (χ4n) is 4.44. The van der Waals surface area contributed by atoms with Crippen LogP contribution in [-0.4, -0.2) is 13.1 Å². The standard InChI is InChI=1S/C24H19NSi/c1-18-12-13-21-22-14-15-25-17-24(22)26(23(21)16-18,19-8-4-2-5-9-19)20-10-6-3-7-11-20/h2-17H,1H3. The van der Waals surface area contributed by atoms with E-state index in [1.165, 1.54) is 37.4 Å². The molecule has 0 atom stereocenters. The average molecular weight is 350 g/mol. The summed E-state index contributed by atoms with van der Waals surface area (Å²) in [6, 6.07) is 31.2. The molecular formula is C24H19NSi. The molecule has 0 aliphatic carbocycles. The number of pyridine rings is 1. The number of nitrogens with zero attached hydrogens (tertiary/aromatic N) is 1. The first kappa shape index (κ1) is 15.3. The Labute approximate surface area is 155 Å². The fraction of sp³-hybridized carbons (Fsp3) is 0.0417. The van der Waals surface area contributed by atoms with Crippen LogP contribution in [0.1, 0.15) is 5.56 Å². The van der Waals surface area contributed by atoms with Crippen molar-refractivity contribution < 1.29 is 0 Å². The summed E-state index contributed by atoms with van der Waals surface area (Å²) in [5.41, 5.74) is 4.02. The summed E-state index contributed by atoms with van der Waals surface area (Å²) in [4.78, 5) is 4.54. The van der Waals surface area contributed by atoms with Crippen LogP contribution in [0.25, 0.3) is 11.1 Å². The molecule has 4 aromatic rings. The molecule has 0 spiro atoms. The molecule has 1 aliphatic heterocycles. The Morgan fingerprint density at radius 2 is 1.27 bits per heavy atom. The molecule has 0 radical (unpaired) electrons. The highest BCUT2D eigenvalue weighted by atomic mass is 28.3. The highest BCUT2D eigenvalue weighted by molar-refractivity contribution is 7.22. The van der Waals surface area contributed by atoms with Gasteiger partial charge in [-0.2, -0.15) is 0 Å². The van der Waals surface area contributed by atoms with Crippen LogP contribution in [0.15, 0.2) is 97.3 Å². The zero-order valence-electron chi connectivity index (χ0n) is 14.7. The number of hydrogen-bond donors (Lipinski definition) is 0. The second kappa shape index (κ2) is 5.79. The summed E-state index contributed by atoms with van der Waals surface area (Å²) in [6.45, 7) is 2.19. The van der Waals surface area contributed by atoms with Gasteiger partial charge in [0.1, 0.15) is 0 Å². The zero-order chi connectivity index (χ0) is 17.6. The molecule has 5 rings (SSSR count). The molecule has 3 aromatic carbocycles. The predicted molar refractivity (Wildman–Crippen MR) is 112 cm³/mol. The monoisotopic (exact) mass is 349 g/mol. The van der Waals surface area contributed by atoms with Crippen molar-refractivity contribution in [1.82, 2.24) is 4.98 Å². The first-order valence-electron chi connectivity index (χ1n) is 8.99. The maximum atomic E-state index is 4.54. The molecule has 2 heterocycles. The fourth-order valence-corrected chi connectivity index (χ4v) is 9.65. The van der Waals surface area contributed by atoms with E-state index in [2.05, 4.69) is 103 Å². The Kier molecular flexibility index (Phi) is 3.40. The largest absolute Gasteiger partial charge is 0.265 e. The van der Waals surface area contributed by atoms with Crippen LogP contribution in [0.2, 0.25) is 0 Å². The first-order chi connectivity index (χ1) is 12.8. The van der Waals surface area contributed by atoms with Crippen molar-refractivity contribution >= 4 is 28.8 Å². The summed E-state index contributed by atoms with van der Waals surface area (Å²) in [6.07, 6.45) is 4.03. The lowest BCUT2D eigenvalue weighted by Gasteiger charge is -2.31. The molecule has 1 aromatic heterocycles. The lowest BCUT2D eigenvalue weighted by molar-refractivity contribution is 1.35. The van der Waals surface area contributed by atoms with Gasteiger partial charge in [-0.25, -0.2) is 0 Å². The molecule has 0 saturated carbocycles. The highest BCUT2D eigenvalue weighted by Gasteiger charge is 2.48. The van der Waals surface area contributed by atoms with E-state index >= 15 is 0 Å². The molecule has 1 aliphatic rings. The van der Waals surface area contributed by atoms with Crippen molar-refractivity contribution in [3.63, 3.8) is 0 Å². The van der Waals surface area contributed by atoms with Crippen molar-refractivity contribution in [2.75, 3.05) is 0 Å². The minimum atomic E-state index is -2.32. The van der Waals surface area contributed by atoms with Crippen LogP contribution in [-0.2, 0) is 0 Å². The molecule has 0 unspecified atom stereocenters. The van der Waals surface area contributed by atoms with Crippen molar-refractivity contribution in [2.24, 2.45) is 0 Å². The van der Waals surface area contributed by atoms with Gasteiger partial charge in [-0.05, 0) is 44.9 Å². The van der Waals surface area contributed by atoms with Crippen LogP contribution in [0.5, 0.6) is 0 Å². The van der Waals surface area contributed by atoms with E-state index in [-0.39, 0.29) is 0 Å². The van der Waals surface area contributed by atoms with Crippen molar-refractivity contribution in [2.45, 2.75) is 6.92 Å². The highest BCUT2D eigenvalue weighted by Crippen LogP contribution is 2.28. The van der Waals surface area contributed by atoms with Gasteiger partial charge in [0.2, 0.25) is 0 Å². The van der Waals surface area contributed by atoms with E-state index in [4.69, 9.17) is 0 Å². The average Bonchev–Trinajstić information content (AvgIpc) is 3.00. The summed E-state index contributed by atoms with van der Waals surface area (Å²) in [5, 5.41) is 5.73. The molecule has 2 heteroatoms. The Morgan fingerprint density at radius 3 is 1.92 bits per heavy atom. The Balaban J connectivity index is 1.99. The number of benzene rings is 3. The Morgan fingerprint density at radius 1 is 0.654 bits per heavy atom. The minimum Gasteiger partial charge on any atom is -0.265 e. The number of aromatic nitrogens is 1. The third-order valence-electron chi connectivity index (χ3n) is 5.51. The van der Waals surface area contributed by atoms with Gasteiger partial charge in [0, 0.05) is 12.4 Å². The van der Waals surface area contributed by atoms with Crippen LogP contribution in [0.4, 0.5) is 0 Å². The van der Waals surface area contributed by atoms with Gasteiger partial charge >= 0.3 is 0 Å². The molecule has 124 valence electrons. The second-order valence-electron chi connectivity index (χ2n) is 6.95. The maximum Gasteiger partial charge on any atom is 0.182 e. The lowest BCUT2D eigenvalue weighted by Crippen LogP contribution is -2.72. The van der Waals surface area contributed by atoms with E-state index in [0.717, 1.165) is 0 Å². The Hall–Kier alpha value is -2.97. The molecule has 0 N–H and O–H groups in total. The van der Waals surface area contributed by atoms with Crippen LogP contribution < -0.4 is 20.7 Å². The topological polar surface area (TPSA) is 12.9 Å². The maximum absolute atomic E-state index is 4.54. The normalized spacial score (nSPS) is 13.9. The second-order valence-corrected chi connectivity index (χ2v) is 10.7. The van der Waals surface area contributed by atoms with Crippen LogP contribution in [0, 0.1) is 6.92 Å². The van der Waals surface area contributed by atoms with Crippen molar-refractivity contribution in [3.05, 3.63) is 103 Å². The van der Waals surface area contributed by atoms with E-state index in [0.29, 0.717) is 0 Å². The third kappa shape index (κ3) is 1.99. The minimum absolute atomic E-state index is 1.31. The predicted octanol–water partition coefficient (Wildman–Crippen LogP) is 2.75. The zero-order valence-corrected chi connectivity index (χ0v) is 15.7. The van der Waals surface area contributed by atoms with Gasteiger partial charge in [-0.3, -0.25) is 4.98 Å². The van der Waals surface area contributed by atoms with Gasteiger partial charge in [-0.15, -0.1) is 0 Å². The lowest BCUT2D eigenvalue weighted by atomic mass is 10.1. The van der Waals surface area contributed by atoms with Crippen molar-refractivity contribution in [1.29, 1.82) is 0 Å². The summed E-state index contributed by atoms with van der Waals surface area (Å²) < 4.78 is 0. The summed E-state index contributed by atoms with van der Waals surface area (Å²) in [5.74, 6) is 0. The molecule has 0 fully saturated rings. The number of hydrogen-bond acceptors (Lipinski definition) is 1. The molecule has 26 heavy (non-hydrogen) atoms. The quantitative estimate of drug-likeness (QED) is 0.447. The molecular weight excluding hydrogens is 330 g/mol. The summed E-state index contributed by atoms with van der Waals surface area (Å²) >= 11 is 0. The van der Waals surface area contributed by atoms with Gasteiger partial charge in [0.15, 0.2) is 8.07 Å². The molecule has 1 nitrogen and oxygen atoms in total. The van der Waals surface area contributed by atoms with E-state index in [9.17, 15) is 0 Å². The van der Waals surface area contributed by atoms with Crippen LogP contribution >= 0.6 is 0 Å². The SMILES string of the molecule is Cc1ccc2c(c1)[Si](c1ccccc1)(c1ccccc1)c1cnccc1-2. The van der Waals surface area contributed by atoms with Gasteiger partial charge in [-0.1, -0.05) is 84.4 Å². The van der Waals surface area contributed by atoms with E-state index in [1.807, 2.05) is 6.20 Å². The Bertz CT molecular complexity index is 1050. The first-order valence-corrected chi connectivity index (χ1v) is 11.0. The number of rotatable bonds is 2. The number of fused-ring (bicyclic) bond motifs is 3. The van der Waals surface area contributed by atoms with Gasteiger partial charge < -0.3 is 0 Å². The third-order valence-corrected chi connectivity index (χ3v) is 10.3. The number of aryl methyl sites for hydroxylation is 1. The molecule has 0 bridgehead atoms. The van der Waals surface area contributed by atoms with E-state index < -0.39 is 8.07 Å². The summed E-state index contributed by atoms with van der Waals surface area (Å²) in [7, 11) is -2.32. The smallest absolute Gasteiger partial charge is 0.182 e. The van der Waals surface area contributed by atoms with Crippen LogP contribution in [0.3, 0.4) is 0 Å². The van der Waals surface area contributed by atoms with Gasteiger partial charge in [0.05, 0.1) is 0 Å². The molecule has 0 saturated heterocycles. The van der Waals surface area contributed by atoms with Gasteiger partial charge in [0.25, 0.3) is 0 Å². The van der Waals surface area contributed by atoms with E-state index in [1.54, 1.807) is 0 Å². The molecule has 0 amide bonds. The van der Waals surface area contributed by atoms with Crippen molar-refractivity contribution in [3.8, 4) is 11.1 Å².